The Balaban J connectivity index is 1.51. The molecular weight excluding hydrogens is 414 g/mol. The predicted octanol–water partition coefficient (Wildman–Crippen LogP) is 5.31. The molecule has 0 saturated heterocycles. The normalized spacial score (nSPS) is 11.0. The molecule has 2 aromatic carbocycles. The Morgan fingerprint density at radius 1 is 1.13 bits per heavy atom. The van der Waals surface area contributed by atoms with Gasteiger partial charge in [-0.25, -0.2) is 4.98 Å². The van der Waals surface area contributed by atoms with E-state index < -0.39 is 0 Å². The van der Waals surface area contributed by atoms with Crippen LogP contribution in [0.25, 0.3) is 21.3 Å². The van der Waals surface area contributed by atoms with Gasteiger partial charge in [-0.05, 0) is 37.5 Å². The van der Waals surface area contributed by atoms with Crippen LogP contribution in [-0.2, 0) is 4.79 Å². The van der Waals surface area contributed by atoms with Gasteiger partial charge in [-0.15, -0.1) is 11.3 Å². The molecule has 2 aromatic heterocycles. The highest BCUT2D eigenvalue weighted by atomic mass is 32.2. The molecule has 0 atom stereocenters. The number of anilines is 1. The van der Waals surface area contributed by atoms with Crippen LogP contribution in [0, 0.1) is 20.8 Å². The first-order chi connectivity index (χ1) is 14.4. The maximum atomic E-state index is 12.7. The standard InChI is InChI=1S/C23H21N3O2S2/c1-13-9-14(2)20(15(3)10-13)24-18(27)12-30-23-25-21(28)19-17(11-29-22(19)26-23)16-7-5-4-6-8-16/h4-11H,12H2,1-3H3,(H,24,27)(H,25,26,28). The van der Waals surface area contributed by atoms with Crippen molar-refractivity contribution in [2.24, 2.45) is 0 Å². The predicted molar refractivity (Wildman–Crippen MR) is 126 cm³/mol. The van der Waals surface area contributed by atoms with Crippen LogP contribution in [0.4, 0.5) is 5.69 Å². The van der Waals surface area contributed by atoms with E-state index in [9.17, 15) is 9.59 Å². The molecule has 0 unspecified atom stereocenters. The van der Waals surface area contributed by atoms with Crippen LogP contribution < -0.4 is 10.9 Å². The van der Waals surface area contributed by atoms with E-state index in [-0.39, 0.29) is 17.2 Å². The lowest BCUT2D eigenvalue weighted by molar-refractivity contribution is -0.113. The average molecular weight is 436 g/mol. The number of aryl methyl sites for hydroxylation is 3. The van der Waals surface area contributed by atoms with Crippen molar-refractivity contribution in [2.75, 3.05) is 11.1 Å². The molecule has 0 fully saturated rings. The number of carbonyl (C=O) groups excluding carboxylic acids is 1. The van der Waals surface area contributed by atoms with E-state index in [1.165, 1.54) is 28.7 Å². The number of nitrogens with one attached hydrogen (secondary N) is 2. The van der Waals surface area contributed by atoms with E-state index in [0.29, 0.717) is 15.4 Å². The first kappa shape index (κ1) is 20.4. The lowest BCUT2D eigenvalue weighted by Gasteiger charge is -2.12. The molecule has 152 valence electrons. The SMILES string of the molecule is Cc1cc(C)c(NC(=O)CSc2nc3scc(-c4ccccc4)c3c(=O)[nH]2)c(C)c1. The van der Waals surface area contributed by atoms with Crippen molar-refractivity contribution < 1.29 is 4.79 Å². The van der Waals surface area contributed by atoms with Crippen molar-refractivity contribution in [3.63, 3.8) is 0 Å². The molecule has 30 heavy (non-hydrogen) atoms. The minimum atomic E-state index is -0.187. The van der Waals surface area contributed by atoms with E-state index in [0.717, 1.165) is 27.9 Å². The van der Waals surface area contributed by atoms with Crippen molar-refractivity contribution in [1.82, 2.24) is 9.97 Å². The topological polar surface area (TPSA) is 74.8 Å². The summed E-state index contributed by atoms with van der Waals surface area (Å²) in [6.45, 7) is 6.00. The maximum absolute atomic E-state index is 12.7. The minimum absolute atomic E-state index is 0.131. The molecular formula is C23H21N3O2S2. The molecule has 4 aromatic rings. The lowest BCUT2D eigenvalue weighted by atomic mass is 10.1. The van der Waals surface area contributed by atoms with Crippen LogP contribution >= 0.6 is 23.1 Å². The van der Waals surface area contributed by atoms with Crippen LogP contribution in [0.2, 0.25) is 0 Å². The van der Waals surface area contributed by atoms with Gasteiger partial charge in [0.1, 0.15) is 4.83 Å². The average Bonchev–Trinajstić information content (AvgIpc) is 3.14. The summed E-state index contributed by atoms with van der Waals surface area (Å²) in [4.78, 5) is 33.2. The van der Waals surface area contributed by atoms with E-state index in [2.05, 4.69) is 15.3 Å². The van der Waals surface area contributed by atoms with Gasteiger partial charge in [0.25, 0.3) is 5.56 Å². The Morgan fingerprint density at radius 3 is 2.53 bits per heavy atom. The molecule has 1 amide bonds. The maximum Gasteiger partial charge on any atom is 0.260 e. The third-order valence-corrected chi connectivity index (χ3v) is 6.53. The fraction of sp³-hybridized carbons (Fsp3) is 0.174. The molecule has 2 heterocycles. The fourth-order valence-corrected chi connectivity index (χ4v) is 5.18. The number of benzene rings is 2. The second-order valence-corrected chi connectivity index (χ2v) is 9.00. The number of carbonyl (C=O) groups is 1. The van der Waals surface area contributed by atoms with Gasteiger partial charge in [0.05, 0.1) is 11.1 Å². The number of hydrogen-bond acceptors (Lipinski definition) is 5. The number of nitrogens with zero attached hydrogens (tertiary/aromatic N) is 1. The number of thioether (sulfide) groups is 1. The summed E-state index contributed by atoms with van der Waals surface area (Å²) in [6, 6.07) is 13.9. The van der Waals surface area contributed by atoms with E-state index in [1.54, 1.807) is 0 Å². The molecule has 0 aliphatic rings. The van der Waals surface area contributed by atoms with Gasteiger partial charge in [-0.1, -0.05) is 59.8 Å². The van der Waals surface area contributed by atoms with Gasteiger partial charge in [0, 0.05) is 16.6 Å². The molecule has 4 rings (SSSR count). The first-order valence-electron chi connectivity index (χ1n) is 9.50. The third kappa shape index (κ3) is 4.17. The molecule has 5 nitrogen and oxygen atoms in total. The van der Waals surface area contributed by atoms with Crippen molar-refractivity contribution in [3.8, 4) is 11.1 Å². The summed E-state index contributed by atoms with van der Waals surface area (Å²) < 4.78 is 0. The number of aromatic amines is 1. The second-order valence-electron chi connectivity index (χ2n) is 7.18. The number of H-pyrrole nitrogens is 1. The number of hydrogen-bond donors (Lipinski definition) is 2. The van der Waals surface area contributed by atoms with E-state index in [4.69, 9.17) is 0 Å². The third-order valence-electron chi connectivity index (χ3n) is 4.79. The zero-order valence-corrected chi connectivity index (χ0v) is 18.5. The molecule has 7 heteroatoms. The largest absolute Gasteiger partial charge is 0.325 e. The van der Waals surface area contributed by atoms with Crippen LogP contribution in [0.5, 0.6) is 0 Å². The summed E-state index contributed by atoms with van der Waals surface area (Å²) in [7, 11) is 0. The van der Waals surface area contributed by atoms with E-state index >= 15 is 0 Å². The van der Waals surface area contributed by atoms with Gasteiger partial charge in [-0.2, -0.15) is 0 Å². The number of amides is 1. The van der Waals surface area contributed by atoms with Gasteiger partial charge < -0.3 is 10.3 Å². The highest BCUT2D eigenvalue weighted by Gasteiger charge is 2.14. The number of rotatable bonds is 5. The molecule has 0 aliphatic heterocycles. The first-order valence-corrected chi connectivity index (χ1v) is 11.4. The zero-order chi connectivity index (χ0) is 21.3. The summed E-state index contributed by atoms with van der Waals surface area (Å²) in [5.41, 5.74) is 5.75. The zero-order valence-electron chi connectivity index (χ0n) is 16.9. The van der Waals surface area contributed by atoms with Gasteiger partial charge in [0.15, 0.2) is 5.16 Å². The van der Waals surface area contributed by atoms with Crippen molar-refractivity contribution >= 4 is 44.9 Å². The minimum Gasteiger partial charge on any atom is -0.325 e. The summed E-state index contributed by atoms with van der Waals surface area (Å²) in [5, 5.41) is 5.96. The molecule has 0 radical (unpaired) electrons. The number of thiophene rings is 1. The van der Waals surface area contributed by atoms with Crippen molar-refractivity contribution in [2.45, 2.75) is 25.9 Å². The second kappa shape index (κ2) is 8.45. The fourth-order valence-electron chi connectivity index (χ4n) is 3.51. The molecule has 0 spiro atoms. The smallest absolute Gasteiger partial charge is 0.260 e. The van der Waals surface area contributed by atoms with E-state index in [1.807, 2.05) is 68.6 Å². The number of aromatic nitrogens is 2. The Kier molecular flexibility index (Phi) is 5.74. The summed E-state index contributed by atoms with van der Waals surface area (Å²) in [5.74, 6) is 0.0342. The Labute approximate surface area is 182 Å². The summed E-state index contributed by atoms with van der Waals surface area (Å²) in [6.07, 6.45) is 0. The highest BCUT2D eigenvalue weighted by molar-refractivity contribution is 7.99. The summed E-state index contributed by atoms with van der Waals surface area (Å²) >= 11 is 2.66. The lowest BCUT2D eigenvalue weighted by Crippen LogP contribution is -2.17. The van der Waals surface area contributed by atoms with Crippen molar-refractivity contribution in [3.05, 3.63) is 74.9 Å². The molecule has 0 aliphatic carbocycles. The molecule has 0 saturated carbocycles. The van der Waals surface area contributed by atoms with Crippen LogP contribution in [0.15, 0.2) is 57.8 Å². The molecule has 0 bridgehead atoms. The highest BCUT2D eigenvalue weighted by Crippen LogP contribution is 2.31. The number of fused-ring (bicyclic) bond motifs is 1. The van der Waals surface area contributed by atoms with Crippen molar-refractivity contribution in [1.29, 1.82) is 0 Å². The Morgan fingerprint density at radius 2 is 1.83 bits per heavy atom. The Bertz CT molecular complexity index is 1270. The monoisotopic (exact) mass is 435 g/mol. The van der Waals surface area contributed by atoms with Crippen LogP contribution in [-0.4, -0.2) is 21.6 Å². The Hall–Kier alpha value is -2.90. The van der Waals surface area contributed by atoms with Gasteiger partial charge >= 0.3 is 0 Å². The van der Waals surface area contributed by atoms with Gasteiger partial charge in [0.2, 0.25) is 5.91 Å². The van der Waals surface area contributed by atoms with Gasteiger partial charge in [-0.3, -0.25) is 9.59 Å². The quantitative estimate of drug-likeness (QED) is 0.329. The van der Waals surface area contributed by atoms with Crippen LogP contribution in [0.1, 0.15) is 16.7 Å². The molecule has 2 N–H and O–H groups in total. The van der Waals surface area contributed by atoms with Crippen LogP contribution in [0.3, 0.4) is 0 Å².